The molecule has 2 amide bonds. The van der Waals surface area contributed by atoms with Gasteiger partial charge in [0.25, 0.3) is 5.91 Å². The number of fused-ring (bicyclic) bond motifs is 3. The number of amides is 2. The molecular formula is C23H20ClN3O3S. The zero-order valence-electron chi connectivity index (χ0n) is 16.8. The Morgan fingerprint density at radius 3 is 2.81 bits per heavy atom. The van der Waals surface area contributed by atoms with E-state index in [2.05, 4.69) is 5.32 Å². The largest absolute Gasteiger partial charge is 0.467 e. The standard InChI is InChI=1S/C23H20ClN3O3S/c1-23(22(29)25-12-15-4-6-17(24)7-5-15)14-26-19(11-16-8-10-31-21(16)26)20(28)27(23)13-18-3-2-9-30-18/h2-11H,12-14H2,1H3,(H,25,29). The summed E-state index contributed by atoms with van der Waals surface area (Å²) in [5.74, 6) is 0.230. The first-order chi connectivity index (χ1) is 15.0. The number of carbonyl (C=O) groups excluding carboxylic acids is 2. The lowest BCUT2D eigenvalue weighted by molar-refractivity contribution is -0.133. The monoisotopic (exact) mass is 453 g/mol. The van der Waals surface area contributed by atoms with Gasteiger partial charge in [0.15, 0.2) is 0 Å². The summed E-state index contributed by atoms with van der Waals surface area (Å²) in [6.45, 7) is 2.75. The summed E-state index contributed by atoms with van der Waals surface area (Å²) in [4.78, 5) is 29.6. The molecule has 1 aliphatic rings. The molecule has 0 spiro atoms. The summed E-state index contributed by atoms with van der Waals surface area (Å²) in [6, 6.07) is 14.8. The number of hydrogen-bond donors (Lipinski definition) is 1. The Kier molecular flexibility index (Phi) is 4.87. The highest BCUT2D eigenvalue weighted by Gasteiger charge is 2.48. The molecule has 0 aliphatic carbocycles. The average molecular weight is 454 g/mol. The highest BCUT2D eigenvalue weighted by atomic mass is 35.5. The Hall–Kier alpha value is -3.03. The normalized spacial score (nSPS) is 18.4. The lowest BCUT2D eigenvalue weighted by Gasteiger charge is -2.43. The van der Waals surface area contributed by atoms with Crippen molar-refractivity contribution in [1.29, 1.82) is 0 Å². The summed E-state index contributed by atoms with van der Waals surface area (Å²) < 4.78 is 7.45. The van der Waals surface area contributed by atoms with Gasteiger partial charge in [0.1, 0.15) is 21.8 Å². The molecule has 1 unspecified atom stereocenters. The number of halogens is 1. The van der Waals surface area contributed by atoms with Gasteiger partial charge in [-0.05, 0) is 54.3 Å². The smallest absolute Gasteiger partial charge is 0.271 e. The third-order valence-corrected chi connectivity index (χ3v) is 6.98. The van der Waals surface area contributed by atoms with Gasteiger partial charge in [-0.15, -0.1) is 11.3 Å². The molecule has 3 aromatic heterocycles. The van der Waals surface area contributed by atoms with Crippen molar-refractivity contribution >= 4 is 45.0 Å². The number of furan rings is 1. The molecule has 8 heteroatoms. The Labute approximate surface area is 188 Å². The van der Waals surface area contributed by atoms with Crippen LogP contribution in [-0.2, 0) is 24.4 Å². The van der Waals surface area contributed by atoms with Crippen LogP contribution in [-0.4, -0.2) is 26.8 Å². The van der Waals surface area contributed by atoms with Gasteiger partial charge in [-0.25, -0.2) is 0 Å². The van der Waals surface area contributed by atoms with Crippen LogP contribution in [0.3, 0.4) is 0 Å². The Bertz CT molecular complexity index is 1260. The summed E-state index contributed by atoms with van der Waals surface area (Å²) in [7, 11) is 0. The predicted octanol–water partition coefficient (Wildman–Crippen LogP) is 4.68. The van der Waals surface area contributed by atoms with E-state index in [1.165, 1.54) is 0 Å². The Morgan fingerprint density at radius 2 is 2.06 bits per heavy atom. The van der Waals surface area contributed by atoms with Crippen molar-refractivity contribution in [2.75, 3.05) is 0 Å². The fraction of sp³-hybridized carbons (Fsp3) is 0.217. The van der Waals surface area contributed by atoms with Crippen LogP contribution in [0.4, 0.5) is 0 Å². The molecule has 0 bridgehead atoms. The van der Waals surface area contributed by atoms with Gasteiger partial charge in [0.2, 0.25) is 5.91 Å². The van der Waals surface area contributed by atoms with E-state index >= 15 is 0 Å². The zero-order valence-corrected chi connectivity index (χ0v) is 18.4. The minimum atomic E-state index is -1.08. The first kappa shape index (κ1) is 19.9. The number of aromatic nitrogens is 1. The van der Waals surface area contributed by atoms with Crippen LogP contribution in [0.1, 0.15) is 28.7 Å². The molecule has 1 aromatic carbocycles. The van der Waals surface area contributed by atoms with Gasteiger partial charge in [0, 0.05) is 17.0 Å². The second-order valence-electron chi connectivity index (χ2n) is 7.85. The van der Waals surface area contributed by atoms with Crippen molar-refractivity contribution in [3.05, 3.63) is 82.2 Å². The van der Waals surface area contributed by atoms with Crippen molar-refractivity contribution in [2.24, 2.45) is 0 Å². The van der Waals surface area contributed by atoms with Gasteiger partial charge in [-0.1, -0.05) is 23.7 Å². The zero-order chi connectivity index (χ0) is 21.6. The van der Waals surface area contributed by atoms with E-state index in [9.17, 15) is 9.59 Å². The fourth-order valence-corrected chi connectivity index (χ4v) is 5.06. The van der Waals surface area contributed by atoms with Crippen LogP contribution in [0.5, 0.6) is 0 Å². The minimum absolute atomic E-state index is 0.185. The molecule has 0 saturated carbocycles. The fourth-order valence-electron chi connectivity index (χ4n) is 4.04. The van der Waals surface area contributed by atoms with Crippen molar-refractivity contribution < 1.29 is 14.0 Å². The molecule has 31 heavy (non-hydrogen) atoms. The molecule has 158 valence electrons. The van der Waals surface area contributed by atoms with E-state index in [0.717, 1.165) is 15.8 Å². The number of rotatable bonds is 5. The van der Waals surface area contributed by atoms with E-state index in [1.807, 2.05) is 47.2 Å². The van der Waals surface area contributed by atoms with E-state index in [4.69, 9.17) is 16.0 Å². The Balaban J connectivity index is 1.49. The minimum Gasteiger partial charge on any atom is -0.467 e. The van der Waals surface area contributed by atoms with Crippen LogP contribution >= 0.6 is 22.9 Å². The van der Waals surface area contributed by atoms with Crippen LogP contribution < -0.4 is 5.32 Å². The number of carbonyl (C=O) groups is 2. The van der Waals surface area contributed by atoms with E-state index < -0.39 is 5.54 Å². The summed E-state index contributed by atoms with van der Waals surface area (Å²) in [5, 5.41) is 6.66. The summed E-state index contributed by atoms with van der Waals surface area (Å²) in [5.41, 5.74) is 0.443. The average Bonchev–Trinajstić information content (AvgIpc) is 3.49. The second-order valence-corrected chi connectivity index (χ2v) is 9.18. The lowest BCUT2D eigenvalue weighted by Crippen LogP contribution is -2.63. The molecule has 1 atom stereocenters. The number of nitrogens with one attached hydrogen (secondary N) is 1. The number of benzene rings is 1. The second kappa shape index (κ2) is 7.59. The van der Waals surface area contributed by atoms with Crippen LogP contribution in [0.15, 0.2) is 64.6 Å². The number of hydrogen-bond acceptors (Lipinski definition) is 4. The molecule has 0 saturated heterocycles. The third kappa shape index (κ3) is 3.43. The van der Waals surface area contributed by atoms with Crippen LogP contribution in [0.25, 0.3) is 10.2 Å². The van der Waals surface area contributed by atoms with Gasteiger partial charge in [0.05, 0.1) is 19.4 Å². The van der Waals surface area contributed by atoms with Gasteiger partial charge >= 0.3 is 0 Å². The number of nitrogens with zero attached hydrogens (tertiary/aromatic N) is 2. The molecule has 6 nitrogen and oxygen atoms in total. The maximum Gasteiger partial charge on any atom is 0.271 e. The van der Waals surface area contributed by atoms with Gasteiger partial charge in [-0.2, -0.15) is 0 Å². The summed E-state index contributed by atoms with van der Waals surface area (Å²) in [6.07, 6.45) is 1.57. The topological polar surface area (TPSA) is 67.5 Å². The molecule has 1 aliphatic heterocycles. The van der Waals surface area contributed by atoms with Crippen molar-refractivity contribution in [3.63, 3.8) is 0 Å². The first-order valence-corrected chi connectivity index (χ1v) is 11.2. The molecule has 0 radical (unpaired) electrons. The highest BCUT2D eigenvalue weighted by Crippen LogP contribution is 2.35. The van der Waals surface area contributed by atoms with E-state index in [1.54, 1.807) is 40.7 Å². The maximum absolute atomic E-state index is 13.5. The predicted molar refractivity (Wildman–Crippen MR) is 120 cm³/mol. The molecule has 1 N–H and O–H groups in total. The van der Waals surface area contributed by atoms with Crippen molar-refractivity contribution in [3.8, 4) is 0 Å². The molecule has 4 aromatic rings. The van der Waals surface area contributed by atoms with Crippen LogP contribution in [0, 0.1) is 0 Å². The Morgan fingerprint density at radius 1 is 1.26 bits per heavy atom. The van der Waals surface area contributed by atoms with Crippen molar-refractivity contribution in [1.82, 2.24) is 14.8 Å². The first-order valence-electron chi connectivity index (χ1n) is 9.89. The lowest BCUT2D eigenvalue weighted by atomic mass is 9.94. The summed E-state index contributed by atoms with van der Waals surface area (Å²) >= 11 is 7.53. The number of thiophene rings is 1. The SMILES string of the molecule is CC1(C(=O)NCc2ccc(Cl)cc2)Cn2c(cc3ccsc32)C(=O)N1Cc1ccco1. The van der Waals surface area contributed by atoms with Crippen LogP contribution in [0.2, 0.25) is 5.02 Å². The molecule has 4 heterocycles. The quantitative estimate of drug-likeness (QED) is 0.477. The van der Waals surface area contributed by atoms with E-state index in [-0.39, 0.29) is 18.4 Å². The van der Waals surface area contributed by atoms with Crippen molar-refractivity contribution in [2.45, 2.75) is 32.1 Å². The molecule has 5 rings (SSSR count). The molecular weight excluding hydrogens is 434 g/mol. The molecule has 0 fully saturated rings. The highest BCUT2D eigenvalue weighted by molar-refractivity contribution is 7.16. The van der Waals surface area contributed by atoms with E-state index in [0.29, 0.717) is 29.6 Å². The maximum atomic E-state index is 13.5. The van der Waals surface area contributed by atoms with Gasteiger partial charge in [-0.3, -0.25) is 9.59 Å². The third-order valence-electron chi connectivity index (χ3n) is 5.78. The van der Waals surface area contributed by atoms with Gasteiger partial charge < -0.3 is 19.2 Å².